The molecule has 0 saturated heterocycles. The summed E-state index contributed by atoms with van der Waals surface area (Å²) >= 11 is 0. The van der Waals surface area contributed by atoms with Gasteiger partial charge in [-0.25, -0.2) is 0 Å². The number of hydrogen-bond donors (Lipinski definition) is 0. The van der Waals surface area contributed by atoms with Crippen molar-refractivity contribution in [2.75, 3.05) is 14.2 Å². The average Bonchev–Trinajstić information content (AvgIpc) is 2.55. The molecule has 0 saturated carbocycles. The normalized spacial score (nSPS) is 19.8. The lowest BCUT2D eigenvalue weighted by Crippen LogP contribution is -2.24. The topological polar surface area (TPSA) is 18.5 Å². The minimum Gasteiger partial charge on any atom is -0.496 e. The average molecular weight is 300 g/mol. The Hall–Kier alpha value is -1.54. The van der Waals surface area contributed by atoms with E-state index < -0.39 is 0 Å². The van der Waals surface area contributed by atoms with Crippen molar-refractivity contribution in [2.45, 2.75) is 45.6 Å². The highest BCUT2D eigenvalue weighted by molar-refractivity contribution is 5.76. The van der Waals surface area contributed by atoms with E-state index >= 15 is 0 Å². The second-order valence-electron chi connectivity index (χ2n) is 6.05. The van der Waals surface area contributed by atoms with Crippen LogP contribution in [0.25, 0.3) is 5.57 Å². The lowest BCUT2D eigenvalue weighted by molar-refractivity contribution is 0.179. The molecule has 0 heterocycles. The van der Waals surface area contributed by atoms with Crippen molar-refractivity contribution < 1.29 is 9.47 Å². The summed E-state index contributed by atoms with van der Waals surface area (Å²) in [6, 6.07) is 8.21. The monoisotopic (exact) mass is 300 g/mol. The molecule has 0 spiro atoms. The van der Waals surface area contributed by atoms with E-state index in [1.807, 2.05) is 12.1 Å². The zero-order chi connectivity index (χ0) is 16.0. The van der Waals surface area contributed by atoms with Crippen LogP contribution in [0.1, 0.15) is 45.1 Å². The Bertz CT molecular complexity index is 536. The zero-order valence-corrected chi connectivity index (χ0v) is 14.3. The number of benzene rings is 1. The quantitative estimate of drug-likeness (QED) is 0.640. The molecule has 2 rings (SSSR count). The molecule has 0 fully saturated rings. The molecule has 22 heavy (non-hydrogen) atoms. The number of para-hydroxylation sites is 1. The van der Waals surface area contributed by atoms with Gasteiger partial charge in [-0.3, -0.25) is 0 Å². The summed E-state index contributed by atoms with van der Waals surface area (Å²) in [5.41, 5.74) is 2.51. The van der Waals surface area contributed by atoms with Crippen LogP contribution in [0.5, 0.6) is 5.75 Å². The minimum absolute atomic E-state index is 0.00172. The van der Waals surface area contributed by atoms with Crippen LogP contribution in [0.2, 0.25) is 0 Å². The highest BCUT2D eigenvalue weighted by Gasteiger charge is 2.30. The Labute approximate surface area is 134 Å². The fraction of sp³-hybridized carbons (Fsp3) is 0.500. The van der Waals surface area contributed by atoms with E-state index in [0.29, 0.717) is 0 Å². The van der Waals surface area contributed by atoms with Gasteiger partial charge in [-0.2, -0.15) is 0 Å². The predicted molar refractivity (Wildman–Crippen MR) is 93.2 cm³/mol. The largest absolute Gasteiger partial charge is 0.496 e. The first-order valence-electron chi connectivity index (χ1n) is 8.28. The maximum absolute atomic E-state index is 5.70. The van der Waals surface area contributed by atoms with Crippen molar-refractivity contribution >= 4 is 5.57 Å². The second kappa shape index (κ2) is 7.64. The molecule has 0 N–H and O–H groups in total. The molecular weight excluding hydrogens is 272 g/mol. The molecule has 2 heteroatoms. The van der Waals surface area contributed by atoms with Crippen molar-refractivity contribution in [1.29, 1.82) is 0 Å². The molecule has 1 aliphatic carbocycles. The number of allylic oxidation sites excluding steroid dienone is 2. The lowest BCUT2D eigenvalue weighted by Gasteiger charge is -2.34. The maximum Gasteiger partial charge on any atom is 0.126 e. The summed E-state index contributed by atoms with van der Waals surface area (Å²) in [5.74, 6) is 0.910. The van der Waals surface area contributed by atoms with Gasteiger partial charge >= 0.3 is 0 Å². The first-order chi connectivity index (χ1) is 10.7. The van der Waals surface area contributed by atoms with Gasteiger partial charge in [0.25, 0.3) is 0 Å². The Morgan fingerprint density at radius 1 is 1.05 bits per heavy atom. The van der Waals surface area contributed by atoms with Gasteiger partial charge in [0.15, 0.2) is 0 Å². The Balaban J connectivity index is 2.50. The third-order valence-electron chi connectivity index (χ3n) is 4.46. The van der Waals surface area contributed by atoms with E-state index in [1.165, 1.54) is 31.3 Å². The van der Waals surface area contributed by atoms with Gasteiger partial charge in [0.2, 0.25) is 0 Å². The molecule has 1 unspecified atom stereocenters. The maximum atomic E-state index is 5.70. The van der Waals surface area contributed by atoms with Crippen LogP contribution >= 0.6 is 0 Å². The zero-order valence-electron chi connectivity index (χ0n) is 14.3. The summed E-state index contributed by atoms with van der Waals surface area (Å²) in [7, 11) is 3.50. The molecule has 1 aromatic rings. The number of ether oxygens (including phenoxy) is 2. The van der Waals surface area contributed by atoms with E-state index in [4.69, 9.17) is 9.47 Å². The van der Waals surface area contributed by atoms with Crippen molar-refractivity contribution in [3.05, 3.63) is 48.1 Å². The van der Waals surface area contributed by atoms with Gasteiger partial charge in [-0.1, -0.05) is 63.1 Å². The third-order valence-corrected chi connectivity index (χ3v) is 4.46. The summed E-state index contributed by atoms with van der Waals surface area (Å²) in [6.45, 7) is 4.51. The molecule has 1 aliphatic rings. The molecule has 1 atom stereocenters. The van der Waals surface area contributed by atoms with Crippen LogP contribution in [-0.2, 0) is 4.74 Å². The minimum atomic E-state index is -0.00172. The number of rotatable bonds is 7. The van der Waals surface area contributed by atoms with Crippen molar-refractivity contribution in [3.63, 3.8) is 0 Å². The van der Waals surface area contributed by atoms with Gasteiger partial charge in [0.1, 0.15) is 11.9 Å². The van der Waals surface area contributed by atoms with Crippen molar-refractivity contribution in [2.24, 2.45) is 5.41 Å². The molecule has 0 bridgehead atoms. The summed E-state index contributed by atoms with van der Waals surface area (Å²) in [4.78, 5) is 0. The summed E-state index contributed by atoms with van der Waals surface area (Å²) in [6.07, 6.45) is 11.7. The van der Waals surface area contributed by atoms with E-state index in [0.717, 1.165) is 11.3 Å². The van der Waals surface area contributed by atoms with Gasteiger partial charge in [0.05, 0.1) is 7.11 Å². The highest BCUT2D eigenvalue weighted by atomic mass is 16.5. The SMILES string of the molecule is CCCC1(CCC)C=CC(OC)C(c2ccccc2OC)=C1. The van der Waals surface area contributed by atoms with Crippen LogP contribution in [0.15, 0.2) is 42.5 Å². The Kier molecular flexibility index (Phi) is 5.84. The fourth-order valence-corrected chi connectivity index (χ4v) is 3.51. The van der Waals surface area contributed by atoms with E-state index in [2.05, 4.69) is 44.2 Å². The van der Waals surface area contributed by atoms with Gasteiger partial charge < -0.3 is 9.47 Å². The van der Waals surface area contributed by atoms with Crippen LogP contribution in [0.4, 0.5) is 0 Å². The number of hydrogen-bond acceptors (Lipinski definition) is 2. The molecular formula is C20H28O2. The summed E-state index contributed by atoms with van der Waals surface area (Å²) in [5, 5.41) is 0. The first kappa shape index (κ1) is 16.8. The molecule has 1 aromatic carbocycles. The molecule has 0 radical (unpaired) electrons. The molecule has 2 nitrogen and oxygen atoms in total. The van der Waals surface area contributed by atoms with Crippen LogP contribution in [-0.4, -0.2) is 20.3 Å². The van der Waals surface area contributed by atoms with E-state index in [1.54, 1.807) is 14.2 Å². The Morgan fingerprint density at radius 2 is 1.73 bits per heavy atom. The lowest BCUT2D eigenvalue weighted by atomic mass is 9.73. The van der Waals surface area contributed by atoms with Crippen LogP contribution in [0.3, 0.4) is 0 Å². The molecule has 120 valence electrons. The summed E-state index contributed by atoms with van der Waals surface area (Å²) < 4.78 is 11.3. The smallest absolute Gasteiger partial charge is 0.126 e. The predicted octanol–water partition coefficient (Wildman–Crippen LogP) is 5.25. The first-order valence-corrected chi connectivity index (χ1v) is 8.28. The molecule has 0 aromatic heterocycles. The van der Waals surface area contributed by atoms with E-state index in [9.17, 15) is 0 Å². The fourth-order valence-electron chi connectivity index (χ4n) is 3.51. The van der Waals surface area contributed by atoms with Crippen molar-refractivity contribution in [1.82, 2.24) is 0 Å². The van der Waals surface area contributed by atoms with E-state index in [-0.39, 0.29) is 11.5 Å². The number of methoxy groups -OCH3 is 2. The van der Waals surface area contributed by atoms with Gasteiger partial charge in [0, 0.05) is 18.1 Å². The highest BCUT2D eigenvalue weighted by Crippen LogP contribution is 2.42. The second-order valence-corrected chi connectivity index (χ2v) is 6.05. The van der Waals surface area contributed by atoms with Crippen molar-refractivity contribution in [3.8, 4) is 5.75 Å². The Morgan fingerprint density at radius 3 is 2.32 bits per heavy atom. The van der Waals surface area contributed by atoms with Gasteiger partial charge in [-0.15, -0.1) is 0 Å². The van der Waals surface area contributed by atoms with Crippen LogP contribution in [0, 0.1) is 5.41 Å². The van der Waals surface area contributed by atoms with Crippen LogP contribution < -0.4 is 4.74 Å². The molecule has 0 aliphatic heterocycles. The standard InChI is InChI=1S/C20H28O2/c1-5-12-20(13-6-2)14-11-19(22-4)17(15-20)16-9-7-8-10-18(16)21-3/h7-11,14-15,19H,5-6,12-13H2,1-4H3. The molecule has 0 amide bonds. The third kappa shape index (κ3) is 3.44. The van der Waals surface area contributed by atoms with Gasteiger partial charge in [-0.05, 0) is 24.5 Å².